The van der Waals surface area contributed by atoms with E-state index in [1.165, 1.54) is 70.6 Å². The lowest BCUT2D eigenvalue weighted by Gasteiger charge is -2.48. The minimum absolute atomic E-state index is 0.0557. The Morgan fingerprint density at radius 2 is 1.08 bits per heavy atom. The summed E-state index contributed by atoms with van der Waals surface area (Å²) in [6, 6.07) is -2.97. The average molecular weight is 751 g/mol. The van der Waals surface area contributed by atoms with Crippen LogP contribution >= 0.6 is 0 Å². The number of amides is 1. The molecule has 15 atom stereocenters. The number of rotatable bonds is 23. The molecule has 1 saturated carbocycles. The van der Waals surface area contributed by atoms with Gasteiger partial charge in [0.15, 0.2) is 12.6 Å². The first kappa shape index (κ1) is 45.3. The van der Waals surface area contributed by atoms with Crippen LogP contribution in [-0.2, 0) is 23.7 Å². The minimum Gasteiger partial charge on any atom is -0.394 e. The van der Waals surface area contributed by atoms with Crippen molar-refractivity contribution in [3.8, 4) is 0 Å². The molecule has 0 spiro atoms. The first-order valence-electron chi connectivity index (χ1n) is 19.8. The van der Waals surface area contributed by atoms with E-state index in [0.29, 0.717) is 6.42 Å². The average Bonchev–Trinajstić information content (AvgIpc) is 3.12. The second kappa shape index (κ2) is 23.7. The molecule has 3 fully saturated rings. The number of aliphatic hydroxyl groups is 7. The third kappa shape index (κ3) is 13.6. The molecule has 3 aliphatic rings. The van der Waals surface area contributed by atoms with Gasteiger partial charge in [0.25, 0.3) is 0 Å². The van der Waals surface area contributed by atoms with Crippen LogP contribution in [0.3, 0.4) is 0 Å². The van der Waals surface area contributed by atoms with Crippen molar-refractivity contribution >= 4 is 5.91 Å². The highest BCUT2D eigenvalue weighted by Gasteiger charge is 2.51. The number of carbonyl (C=O) groups is 1. The number of aliphatic hydroxyl groups excluding tert-OH is 7. The standard InChI is InChI=1S/C36H70N4O12/c1-2-3-4-5-6-7-8-9-10-11-12-13-14-15-16-17-25(42)40-19-23-28(44)30(46)31(47)36(49-23)52-34-22(38)18-21(37)33(32(34)48)51-35-29(45)26(39)27(43)24(20-41)50-35/h21-24,26-36,41,43-48H,2-20,37-39H2,1H3,(H,40,42)/t21?,22?,23?,24-,26-,27?,28-,29-,30+,31?,32-,33-,34?,35?,36-/m1/s1. The molecule has 16 nitrogen and oxygen atoms in total. The van der Waals surface area contributed by atoms with Gasteiger partial charge in [0.05, 0.1) is 12.6 Å². The molecule has 7 unspecified atom stereocenters. The fourth-order valence-electron chi connectivity index (χ4n) is 7.33. The van der Waals surface area contributed by atoms with Gasteiger partial charge in [0.2, 0.25) is 5.91 Å². The Labute approximate surface area is 308 Å². The molecule has 2 saturated heterocycles. The zero-order valence-corrected chi connectivity index (χ0v) is 31.0. The van der Waals surface area contributed by atoms with Gasteiger partial charge in [-0.05, 0) is 12.8 Å². The summed E-state index contributed by atoms with van der Waals surface area (Å²) in [5, 5.41) is 76.1. The van der Waals surface area contributed by atoms with Crippen LogP contribution in [0.2, 0.25) is 0 Å². The van der Waals surface area contributed by atoms with Gasteiger partial charge >= 0.3 is 0 Å². The van der Waals surface area contributed by atoms with Crippen LogP contribution in [0.15, 0.2) is 0 Å². The van der Waals surface area contributed by atoms with Crippen molar-refractivity contribution in [2.75, 3.05) is 13.2 Å². The highest BCUT2D eigenvalue weighted by molar-refractivity contribution is 5.75. The Hall–Kier alpha value is -1.09. The van der Waals surface area contributed by atoms with E-state index in [0.717, 1.165) is 25.7 Å². The molecule has 2 aliphatic heterocycles. The maximum Gasteiger partial charge on any atom is 0.220 e. The summed E-state index contributed by atoms with van der Waals surface area (Å²) in [6.07, 6.45) is 1.48. The van der Waals surface area contributed by atoms with Gasteiger partial charge in [0.1, 0.15) is 61.0 Å². The number of nitrogens with one attached hydrogen (secondary N) is 1. The molecule has 14 N–H and O–H groups in total. The number of carbonyl (C=O) groups excluding carboxylic acids is 1. The molecule has 0 aromatic carbocycles. The summed E-state index contributed by atoms with van der Waals surface area (Å²) >= 11 is 0. The molecule has 0 bridgehead atoms. The first-order chi connectivity index (χ1) is 24.9. The Morgan fingerprint density at radius 3 is 1.58 bits per heavy atom. The second-order valence-electron chi connectivity index (χ2n) is 15.1. The highest BCUT2D eigenvalue weighted by Crippen LogP contribution is 2.31. The summed E-state index contributed by atoms with van der Waals surface area (Å²) in [5.74, 6) is -0.231. The number of unbranched alkanes of at least 4 members (excludes halogenated alkanes) is 14. The molecule has 2 heterocycles. The van der Waals surface area contributed by atoms with Gasteiger partial charge in [0, 0.05) is 25.0 Å². The van der Waals surface area contributed by atoms with Crippen LogP contribution in [0.25, 0.3) is 0 Å². The smallest absolute Gasteiger partial charge is 0.220 e. The quantitative estimate of drug-likeness (QED) is 0.0566. The topological polar surface area (TPSA) is 286 Å². The highest BCUT2D eigenvalue weighted by atomic mass is 16.7. The lowest BCUT2D eigenvalue weighted by molar-refractivity contribution is -0.332. The molecule has 52 heavy (non-hydrogen) atoms. The molecule has 0 aromatic rings. The van der Waals surface area contributed by atoms with E-state index in [9.17, 15) is 40.5 Å². The van der Waals surface area contributed by atoms with Crippen molar-refractivity contribution in [3.05, 3.63) is 0 Å². The van der Waals surface area contributed by atoms with Crippen molar-refractivity contribution in [1.29, 1.82) is 0 Å². The van der Waals surface area contributed by atoms with Crippen molar-refractivity contribution in [1.82, 2.24) is 5.32 Å². The molecule has 306 valence electrons. The van der Waals surface area contributed by atoms with Crippen LogP contribution in [0.1, 0.15) is 116 Å². The van der Waals surface area contributed by atoms with Crippen LogP contribution in [0, 0.1) is 0 Å². The zero-order chi connectivity index (χ0) is 38.2. The number of nitrogens with two attached hydrogens (primary N) is 3. The molecule has 16 heteroatoms. The summed E-state index contributed by atoms with van der Waals surface area (Å²) in [7, 11) is 0. The van der Waals surface area contributed by atoms with E-state index < -0.39 is 98.4 Å². The minimum atomic E-state index is -1.73. The van der Waals surface area contributed by atoms with Crippen LogP contribution in [0.4, 0.5) is 0 Å². The van der Waals surface area contributed by atoms with E-state index in [4.69, 9.17) is 36.1 Å². The molecular formula is C36H70N4O12. The van der Waals surface area contributed by atoms with Gasteiger partial charge < -0.3 is 77.2 Å². The Bertz CT molecular complexity index is 988. The maximum atomic E-state index is 12.6. The number of hydrogen-bond acceptors (Lipinski definition) is 15. The molecule has 3 rings (SSSR count). The SMILES string of the molecule is CCCCCCCCCCCCCCCCCC(=O)NCC1O[C@H](OC2C(N)CC(N)[C@@H](OC3O[C@H](CO)C(O)[C@@H](N)[C@H]3O)[C@H]2O)C(O)[C@@H](O)[C@@H]1O. The van der Waals surface area contributed by atoms with Gasteiger partial charge in [-0.15, -0.1) is 0 Å². The van der Waals surface area contributed by atoms with Gasteiger partial charge in [-0.1, -0.05) is 96.8 Å². The fraction of sp³-hybridized carbons (Fsp3) is 0.972. The predicted molar refractivity (Wildman–Crippen MR) is 191 cm³/mol. The predicted octanol–water partition coefficient (Wildman–Crippen LogP) is -0.872. The zero-order valence-electron chi connectivity index (χ0n) is 31.0. The van der Waals surface area contributed by atoms with Gasteiger partial charge in [-0.3, -0.25) is 4.79 Å². The van der Waals surface area contributed by atoms with Gasteiger partial charge in [-0.25, -0.2) is 0 Å². The molecule has 1 amide bonds. The largest absolute Gasteiger partial charge is 0.394 e. The lowest BCUT2D eigenvalue weighted by atomic mass is 9.84. The van der Waals surface area contributed by atoms with Crippen molar-refractivity contribution in [3.63, 3.8) is 0 Å². The molecule has 1 aliphatic carbocycles. The third-order valence-corrected chi connectivity index (χ3v) is 10.8. The van der Waals surface area contributed by atoms with E-state index >= 15 is 0 Å². The van der Waals surface area contributed by atoms with E-state index in [1.807, 2.05) is 0 Å². The Morgan fingerprint density at radius 1 is 0.615 bits per heavy atom. The van der Waals surface area contributed by atoms with Crippen LogP contribution in [-0.4, -0.2) is 147 Å². The maximum absolute atomic E-state index is 12.6. The molecular weight excluding hydrogens is 680 g/mol. The van der Waals surface area contributed by atoms with E-state index in [-0.39, 0.29) is 18.9 Å². The molecule has 0 radical (unpaired) electrons. The van der Waals surface area contributed by atoms with Crippen molar-refractivity contribution < 1.29 is 59.5 Å². The first-order valence-corrected chi connectivity index (χ1v) is 19.8. The number of hydrogen-bond donors (Lipinski definition) is 11. The second-order valence-corrected chi connectivity index (χ2v) is 15.1. The Balaban J connectivity index is 1.38. The summed E-state index contributed by atoms with van der Waals surface area (Å²) < 4.78 is 22.9. The normalized spacial score (nSPS) is 38.3. The fourth-order valence-corrected chi connectivity index (χ4v) is 7.33. The van der Waals surface area contributed by atoms with E-state index in [2.05, 4.69) is 12.2 Å². The van der Waals surface area contributed by atoms with Gasteiger partial charge in [-0.2, -0.15) is 0 Å². The summed E-state index contributed by atoms with van der Waals surface area (Å²) in [4.78, 5) is 12.6. The lowest BCUT2D eigenvalue weighted by Crippen LogP contribution is -2.68. The molecule has 0 aromatic heterocycles. The van der Waals surface area contributed by atoms with Crippen molar-refractivity contribution in [2.45, 2.75) is 208 Å². The van der Waals surface area contributed by atoms with Crippen LogP contribution in [0.5, 0.6) is 0 Å². The van der Waals surface area contributed by atoms with E-state index in [1.54, 1.807) is 0 Å². The Kier molecular flexibility index (Phi) is 20.7. The van der Waals surface area contributed by atoms with Crippen LogP contribution < -0.4 is 22.5 Å². The third-order valence-electron chi connectivity index (χ3n) is 10.8. The van der Waals surface area contributed by atoms with Crippen molar-refractivity contribution in [2.24, 2.45) is 17.2 Å². The summed E-state index contributed by atoms with van der Waals surface area (Å²) in [5.41, 5.74) is 18.4. The number of ether oxygens (including phenoxy) is 4. The monoisotopic (exact) mass is 750 g/mol. The summed E-state index contributed by atoms with van der Waals surface area (Å²) in [6.45, 7) is 1.48.